The third-order valence-corrected chi connectivity index (χ3v) is 4.17. The maximum absolute atomic E-state index is 6.00. The van der Waals surface area contributed by atoms with E-state index in [1.54, 1.807) is 0 Å². The fourth-order valence-corrected chi connectivity index (χ4v) is 2.60. The second-order valence-corrected chi connectivity index (χ2v) is 6.57. The molecule has 0 bridgehead atoms. The maximum Gasteiger partial charge on any atom is 0.124 e. The van der Waals surface area contributed by atoms with Gasteiger partial charge in [-0.25, -0.2) is 0 Å². The SMILES string of the molecule is Cc1ccc(C(C)C)c(OCCCCOc2cccc(N)c2C)c1. The van der Waals surface area contributed by atoms with Gasteiger partial charge in [0.1, 0.15) is 11.5 Å². The summed E-state index contributed by atoms with van der Waals surface area (Å²) < 4.78 is 11.8. The van der Waals surface area contributed by atoms with E-state index in [0.717, 1.165) is 35.6 Å². The molecule has 0 unspecified atom stereocenters. The van der Waals surface area contributed by atoms with Gasteiger partial charge in [0.2, 0.25) is 0 Å². The minimum absolute atomic E-state index is 0.468. The second-order valence-electron chi connectivity index (χ2n) is 6.57. The molecule has 2 aromatic carbocycles. The molecule has 0 radical (unpaired) electrons. The lowest BCUT2D eigenvalue weighted by Crippen LogP contribution is -2.05. The van der Waals surface area contributed by atoms with Crippen LogP contribution in [0.2, 0.25) is 0 Å². The quantitative estimate of drug-likeness (QED) is 0.532. The number of benzene rings is 2. The van der Waals surface area contributed by atoms with Crippen molar-refractivity contribution in [3.8, 4) is 11.5 Å². The zero-order valence-electron chi connectivity index (χ0n) is 15.3. The van der Waals surface area contributed by atoms with E-state index < -0.39 is 0 Å². The highest BCUT2D eigenvalue weighted by molar-refractivity contribution is 5.53. The largest absolute Gasteiger partial charge is 0.493 e. The van der Waals surface area contributed by atoms with Crippen LogP contribution < -0.4 is 15.2 Å². The number of nitrogen functional groups attached to an aromatic ring is 1. The first kappa shape index (κ1) is 18.2. The van der Waals surface area contributed by atoms with E-state index in [1.807, 2.05) is 25.1 Å². The molecule has 0 saturated carbocycles. The van der Waals surface area contributed by atoms with Gasteiger partial charge in [-0.1, -0.05) is 32.0 Å². The second kappa shape index (κ2) is 8.62. The van der Waals surface area contributed by atoms with Gasteiger partial charge in [0.25, 0.3) is 0 Å². The normalized spacial score (nSPS) is 10.9. The minimum atomic E-state index is 0.468. The van der Waals surface area contributed by atoms with Crippen LogP contribution >= 0.6 is 0 Å². The summed E-state index contributed by atoms with van der Waals surface area (Å²) >= 11 is 0. The molecule has 0 heterocycles. The van der Waals surface area contributed by atoms with Crippen LogP contribution in [0.25, 0.3) is 0 Å². The molecule has 0 spiro atoms. The van der Waals surface area contributed by atoms with Crippen LogP contribution in [0.3, 0.4) is 0 Å². The number of nitrogens with two attached hydrogens (primary N) is 1. The van der Waals surface area contributed by atoms with Crippen LogP contribution in [0.4, 0.5) is 5.69 Å². The first-order chi connectivity index (χ1) is 11.5. The van der Waals surface area contributed by atoms with Gasteiger partial charge >= 0.3 is 0 Å². The minimum Gasteiger partial charge on any atom is -0.493 e. The van der Waals surface area contributed by atoms with Gasteiger partial charge in [-0.2, -0.15) is 0 Å². The third-order valence-electron chi connectivity index (χ3n) is 4.17. The molecule has 2 aromatic rings. The summed E-state index contributed by atoms with van der Waals surface area (Å²) in [6.45, 7) is 9.86. The van der Waals surface area contributed by atoms with Crippen molar-refractivity contribution in [1.29, 1.82) is 0 Å². The predicted octanol–water partition coefficient (Wildman–Crippen LogP) is 5.25. The first-order valence-electron chi connectivity index (χ1n) is 8.70. The predicted molar refractivity (Wildman–Crippen MR) is 101 cm³/mol. The highest BCUT2D eigenvalue weighted by atomic mass is 16.5. The van der Waals surface area contributed by atoms with E-state index in [1.165, 1.54) is 11.1 Å². The number of aryl methyl sites for hydroxylation is 1. The molecule has 2 N–H and O–H groups in total. The Bertz CT molecular complexity index is 665. The molecule has 3 heteroatoms. The van der Waals surface area contributed by atoms with Gasteiger partial charge in [0, 0.05) is 11.3 Å². The van der Waals surface area contributed by atoms with Crippen molar-refractivity contribution in [1.82, 2.24) is 0 Å². The van der Waals surface area contributed by atoms with E-state index >= 15 is 0 Å². The molecule has 0 amide bonds. The third kappa shape index (κ3) is 4.92. The van der Waals surface area contributed by atoms with Crippen LogP contribution in [0.15, 0.2) is 36.4 Å². The van der Waals surface area contributed by atoms with Crippen LogP contribution in [0, 0.1) is 13.8 Å². The Labute approximate surface area is 145 Å². The van der Waals surface area contributed by atoms with E-state index in [4.69, 9.17) is 15.2 Å². The monoisotopic (exact) mass is 327 g/mol. The Morgan fingerprint density at radius 1 is 0.917 bits per heavy atom. The molecule has 0 aliphatic carbocycles. The molecule has 0 saturated heterocycles. The number of hydrogen-bond donors (Lipinski definition) is 1. The lowest BCUT2D eigenvalue weighted by molar-refractivity contribution is 0.264. The molecule has 2 rings (SSSR count). The van der Waals surface area contributed by atoms with Crippen molar-refractivity contribution >= 4 is 5.69 Å². The van der Waals surface area contributed by atoms with Crippen molar-refractivity contribution in [2.45, 2.75) is 46.5 Å². The fraction of sp³-hybridized carbons (Fsp3) is 0.429. The molecule has 130 valence electrons. The lowest BCUT2D eigenvalue weighted by Gasteiger charge is -2.15. The Kier molecular flexibility index (Phi) is 6.53. The Balaban J connectivity index is 1.76. The zero-order chi connectivity index (χ0) is 17.5. The van der Waals surface area contributed by atoms with Gasteiger partial charge in [0.05, 0.1) is 13.2 Å². The van der Waals surface area contributed by atoms with Gasteiger partial charge in [-0.05, 0) is 61.9 Å². The molecule has 0 aromatic heterocycles. The summed E-state index contributed by atoms with van der Waals surface area (Å²) in [6.07, 6.45) is 1.92. The summed E-state index contributed by atoms with van der Waals surface area (Å²) in [5.41, 5.74) is 10.2. The van der Waals surface area contributed by atoms with Crippen LogP contribution in [-0.4, -0.2) is 13.2 Å². The number of unbranched alkanes of at least 4 members (excludes halogenated alkanes) is 1. The number of ether oxygens (including phenoxy) is 2. The topological polar surface area (TPSA) is 44.5 Å². The Morgan fingerprint density at radius 3 is 2.25 bits per heavy atom. The molecular formula is C21H29NO2. The van der Waals surface area contributed by atoms with Gasteiger partial charge in [-0.15, -0.1) is 0 Å². The van der Waals surface area contributed by atoms with Crippen LogP contribution in [0.5, 0.6) is 11.5 Å². The molecule has 0 aliphatic rings. The summed E-state index contributed by atoms with van der Waals surface area (Å²) in [6, 6.07) is 12.2. The Hall–Kier alpha value is -2.16. The van der Waals surface area contributed by atoms with E-state index in [0.29, 0.717) is 19.1 Å². The summed E-state index contributed by atoms with van der Waals surface area (Å²) in [5, 5.41) is 0. The smallest absolute Gasteiger partial charge is 0.124 e. The summed E-state index contributed by atoms with van der Waals surface area (Å²) in [5.74, 6) is 2.35. The molecule has 0 fully saturated rings. The van der Waals surface area contributed by atoms with E-state index in [9.17, 15) is 0 Å². The number of anilines is 1. The van der Waals surface area contributed by atoms with E-state index in [-0.39, 0.29) is 0 Å². The molecule has 24 heavy (non-hydrogen) atoms. The van der Waals surface area contributed by atoms with Crippen LogP contribution in [0.1, 0.15) is 49.3 Å². The van der Waals surface area contributed by atoms with Crippen molar-refractivity contribution in [3.63, 3.8) is 0 Å². The summed E-state index contributed by atoms with van der Waals surface area (Å²) in [7, 11) is 0. The first-order valence-corrected chi connectivity index (χ1v) is 8.70. The van der Waals surface area contributed by atoms with Gasteiger partial charge in [-0.3, -0.25) is 0 Å². The summed E-state index contributed by atoms with van der Waals surface area (Å²) in [4.78, 5) is 0. The van der Waals surface area contributed by atoms with Crippen molar-refractivity contribution in [2.75, 3.05) is 18.9 Å². The molecule has 0 atom stereocenters. The van der Waals surface area contributed by atoms with Crippen molar-refractivity contribution in [3.05, 3.63) is 53.1 Å². The Morgan fingerprint density at radius 2 is 1.58 bits per heavy atom. The van der Waals surface area contributed by atoms with Crippen molar-refractivity contribution < 1.29 is 9.47 Å². The maximum atomic E-state index is 6.00. The fourth-order valence-electron chi connectivity index (χ4n) is 2.60. The van der Waals surface area contributed by atoms with Crippen molar-refractivity contribution in [2.24, 2.45) is 0 Å². The van der Waals surface area contributed by atoms with Gasteiger partial charge < -0.3 is 15.2 Å². The molecule has 3 nitrogen and oxygen atoms in total. The number of rotatable bonds is 8. The standard InChI is InChI=1S/C21H29NO2/c1-15(2)18-11-10-16(3)14-21(18)24-13-6-5-12-23-20-9-7-8-19(22)17(20)4/h7-11,14-15H,5-6,12-13,22H2,1-4H3. The zero-order valence-corrected chi connectivity index (χ0v) is 15.3. The average Bonchev–Trinajstić information content (AvgIpc) is 2.54. The molecular weight excluding hydrogens is 298 g/mol. The average molecular weight is 327 g/mol. The van der Waals surface area contributed by atoms with Crippen LogP contribution in [-0.2, 0) is 0 Å². The number of hydrogen-bond acceptors (Lipinski definition) is 3. The molecule has 0 aliphatic heterocycles. The van der Waals surface area contributed by atoms with E-state index in [2.05, 4.69) is 39.0 Å². The lowest BCUT2D eigenvalue weighted by atomic mass is 10.0. The highest BCUT2D eigenvalue weighted by Gasteiger charge is 2.08. The highest BCUT2D eigenvalue weighted by Crippen LogP contribution is 2.27. The van der Waals surface area contributed by atoms with Gasteiger partial charge in [0.15, 0.2) is 0 Å².